The van der Waals surface area contributed by atoms with E-state index in [0.717, 1.165) is 22.2 Å². The van der Waals surface area contributed by atoms with Crippen LogP contribution in [0.5, 0.6) is 5.75 Å². The summed E-state index contributed by atoms with van der Waals surface area (Å²) in [6.45, 7) is 3.30. The van der Waals surface area contributed by atoms with Crippen LogP contribution in [0.2, 0.25) is 0 Å². The lowest BCUT2D eigenvalue weighted by Gasteiger charge is -2.10. The second-order valence-electron chi connectivity index (χ2n) is 8.04. The Hall–Kier alpha value is -4.20. The first-order valence-corrected chi connectivity index (χ1v) is 10.7. The number of ether oxygens (including phenoxy) is 1. The number of carbonyl (C=O) groups is 1. The molecule has 2 aromatic carbocycles. The van der Waals surface area contributed by atoms with E-state index in [9.17, 15) is 13.6 Å². The van der Waals surface area contributed by atoms with Gasteiger partial charge in [0.05, 0.1) is 22.5 Å². The highest BCUT2D eigenvalue weighted by Gasteiger charge is 2.20. The number of pyridine rings is 1. The van der Waals surface area contributed by atoms with Gasteiger partial charge in [-0.2, -0.15) is 10.2 Å². The van der Waals surface area contributed by atoms with Crippen LogP contribution in [-0.2, 0) is 13.0 Å². The number of halogens is 2. The predicted molar refractivity (Wildman–Crippen MR) is 123 cm³/mol. The first-order valence-electron chi connectivity index (χ1n) is 10.7. The summed E-state index contributed by atoms with van der Waals surface area (Å²) in [7, 11) is 0. The zero-order chi connectivity index (χ0) is 23.8. The van der Waals surface area contributed by atoms with Crippen LogP contribution >= 0.6 is 0 Å². The Kier molecular flexibility index (Phi) is 5.49. The number of hydrogen-bond donors (Lipinski definition) is 0. The molecule has 6 nitrogen and oxygen atoms in total. The third-order valence-corrected chi connectivity index (χ3v) is 5.68. The van der Waals surface area contributed by atoms with Crippen molar-refractivity contribution < 1.29 is 18.3 Å². The standard InChI is InChI=1S/C26H20F2N4O2/c1-15-12-18-17(6-3-9-22(18)31-30-15)13-23(33)25-16(2)29-26-24(10-5-11-32(25)26)34-14-19-20(27)7-4-8-21(19)28/h3-12H,13-14H2,1-2H3. The Labute approximate surface area is 193 Å². The fourth-order valence-electron chi connectivity index (χ4n) is 4.06. The molecule has 0 amide bonds. The third-order valence-electron chi connectivity index (χ3n) is 5.68. The monoisotopic (exact) mass is 458 g/mol. The molecule has 0 fully saturated rings. The fraction of sp³-hybridized carbons (Fsp3) is 0.154. The van der Waals surface area contributed by atoms with Crippen LogP contribution in [0.4, 0.5) is 8.78 Å². The minimum Gasteiger partial charge on any atom is -0.485 e. The minimum absolute atomic E-state index is 0.121. The number of nitrogens with zero attached hydrogens (tertiary/aromatic N) is 4. The smallest absolute Gasteiger partial charge is 0.185 e. The van der Waals surface area contributed by atoms with Gasteiger partial charge in [-0.3, -0.25) is 9.20 Å². The Morgan fingerprint density at radius 1 is 1.00 bits per heavy atom. The van der Waals surface area contributed by atoms with Crippen molar-refractivity contribution in [2.24, 2.45) is 0 Å². The summed E-state index contributed by atoms with van der Waals surface area (Å²) in [6.07, 6.45) is 1.88. The molecule has 170 valence electrons. The first-order chi connectivity index (χ1) is 16.4. The molecule has 0 saturated heterocycles. The molecular weight excluding hydrogens is 438 g/mol. The molecule has 0 aliphatic rings. The molecule has 0 saturated carbocycles. The van der Waals surface area contributed by atoms with Gasteiger partial charge in [0.1, 0.15) is 23.9 Å². The number of ketones is 1. The van der Waals surface area contributed by atoms with Crippen molar-refractivity contribution in [1.29, 1.82) is 0 Å². The molecule has 3 aromatic heterocycles. The predicted octanol–water partition coefficient (Wildman–Crippen LogP) is 5.18. The number of rotatable bonds is 6. The molecule has 0 aliphatic carbocycles. The molecule has 0 spiro atoms. The Morgan fingerprint density at radius 2 is 1.76 bits per heavy atom. The number of fused-ring (bicyclic) bond motifs is 2. The number of aromatic nitrogens is 4. The van der Waals surface area contributed by atoms with Crippen LogP contribution in [0.1, 0.15) is 33.0 Å². The number of imidazole rings is 1. The van der Waals surface area contributed by atoms with E-state index in [0.29, 0.717) is 22.8 Å². The molecule has 5 aromatic rings. The SMILES string of the molecule is Cc1cc2c(CC(=O)c3c(C)nc4c(OCc5c(F)cccc5F)cccn34)cccc2nn1. The third kappa shape index (κ3) is 3.87. The van der Waals surface area contributed by atoms with Gasteiger partial charge in [0.2, 0.25) is 0 Å². The van der Waals surface area contributed by atoms with Gasteiger partial charge in [0.15, 0.2) is 17.2 Å². The summed E-state index contributed by atoms with van der Waals surface area (Å²) < 4.78 is 35.3. The number of hydrogen-bond acceptors (Lipinski definition) is 5. The molecule has 0 radical (unpaired) electrons. The number of aryl methyl sites for hydroxylation is 2. The van der Waals surface area contributed by atoms with Gasteiger partial charge in [-0.25, -0.2) is 13.8 Å². The lowest BCUT2D eigenvalue weighted by molar-refractivity contribution is 0.0987. The van der Waals surface area contributed by atoms with Gasteiger partial charge in [-0.1, -0.05) is 18.2 Å². The minimum atomic E-state index is -0.683. The first kappa shape index (κ1) is 21.6. The Morgan fingerprint density at radius 3 is 2.56 bits per heavy atom. The highest BCUT2D eigenvalue weighted by molar-refractivity contribution is 6.00. The maximum absolute atomic E-state index is 14.0. The second-order valence-corrected chi connectivity index (χ2v) is 8.04. The molecule has 5 rings (SSSR count). The Balaban J connectivity index is 1.48. The largest absolute Gasteiger partial charge is 0.485 e. The number of Topliss-reactive ketones (excluding diaryl/α,β-unsaturated/α-hetero) is 1. The normalized spacial score (nSPS) is 11.3. The summed E-state index contributed by atoms with van der Waals surface area (Å²) >= 11 is 0. The van der Waals surface area contributed by atoms with Crippen LogP contribution < -0.4 is 4.74 Å². The average molecular weight is 458 g/mol. The van der Waals surface area contributed by atoms with E-state index in [1.165, 1.54) is 18.2 Å². The summed E-state index contributed by atoms with van der Waals surface area (Å²) in [4.78, 5) is 17.9. The van der Waals surface area contributed by atoms with Crippen molar-refractivity contribution in [3.63, 3.8) is 0 Å². The van der Waals surface area contributed by atoms with E-state index < -0.39 is 11.6 Å². The zero-order valence-corrected chi connectivity index (χ0v) is 18.5. The molecule has 0 bridgehead atoms. The van der Waals surface area contributed by atoms with Crippen LogP contribution in [0, 0.1) is 25.5 Å². The van der Waals surface area contributed by atoms with Crippen LogP contribution in [-0.4, -0.2) is 25.4 Å². The van der Waals surface area contributed by atoms with Crippen molar-refractivity contribution >= 4 is 22.3 Å². The lowest BCUT2D eigenvalue weighted by Crippen LogP contribution is -2.09. The van der Waals surface area contributed by atoms with Crippen LogP contribution in [0.3, 0.4) is 0 Å². The molecule has 3 heterocycles. The van der Waals surface area contributed by atoms with Crippen LogP contribution in [0.15, 0.2) is 60.8 Å². The van der Waals surface area contributed by atoms with E-state index in [2.05, 4.69) is 15.2 Å². The van der Waals surface area contributed by atoms with Gasteiger partial charge in [0, 0.05) is 18.0 Å². The molecule has 0 unspecified atom stereocenters. The van der Waals surface area contributed by atoms with Crippen molar-refractivity contribution in [2.75, 3.05) is 0 Å². The van der Waals surface area contributed by atoms with Crippen molar-refractivity contribution in [3.8, 4) is 5.75 Å². The molecule has 8 heteroatoms. The highest BCUT2D eigenvalue weighted by Crippen LogP contribution is 2.26. The topological polar surface area (TPSA) is 69.4 Å². The quantitative estimate of drug-likeness (QED) is 0.328. The van der Waals surface area contributed by atoms with Gasteiger partial charge in [-0.05, 0) is 55.8 Å². The highest BCUT2D eigenvalue weighted by atomic mass is 19.1. The maximum atomic E-state index is 14.0. The maximum Gasteiger partial charge on any atom is 0.185 e. The lowest BCUT2D eigenvalue weighted by atomic mass is 10.0. The van der Waals surface area contributed by atoms with E-state index >= 15 is 0 Å². The van der Waals surface area contributed by atoms with Gasteiger partial charge >= 0.3 is 0 Å². The van der Waals surface area contributed by atoms with Gasteiger partial charge in [-0.15, -0.1) is 0 Å². The molecule has 0 aliphatic heterocycles. The molecule has 0 N–H and O–H groups in total. The van der Waals surface area contributed by atoms with Crippen molar-refractivity contribution in [3.05, 3.63) is 101 Å². The van der Waals surface area contributed by atoms with E-state index in [1.54, 1.807) is 29.7 Å². The molecular formula is C26H20F2N4O2. The summed E-state index contributed by atoms with van der Waals surface area (Å²) in [5, 5.41) is 9.16. The molecule has 0 atom stereocenters. The summed E-state index contributed by atoms with van der Waals surface area (Å²) in [5.74, 6) is -1.16. The van der Waals surface area contributed by atoms with Gasteiger partial charge < -0.3 is 4.74 Å². The Bertz CT molecular complexity index is 1540. The number of benzene rings is 2. The second kappa shape index (κ2) is 8.62. The van der Waals surface area contributed by atoms with E-state index in [1.807, 2.05) is 31.2 Å². The average Bonchev–Trinajstić information content (AvgIpc) is 3.15. The molecule has 34 heavy (non-hydrogen) atoms. The van der Waals surface area contributed by atoms with Crippen LogP contribution in [0.25, 0.3) is 16.6 Å². The summed E-state index contributed by atoms with van der Waals surface area (Å²) in [5.41, 5.74) is 3.53. The van der Waals surface area contributed by atoms with E-state index in [4.69, 9.17) is 4.74 Å². The van der Waals surface area contributed by atoms with E-state index in [-0.39, 0.29) is 24.4 Å². The fourth-order valence-corrected chi connectivity index (χ4v) is 4.06. The zero-order valence-electron chi connectivity index (χ0n) is 18.5. The van der Waals surface area contributed by atoms with Crippen molar-refractivity contribution in [2.45, 2.75) is 26.9 Å². The number of carbonyl (C=O) groups excluding carboxylic acids is 1. The van der Waals surface area contributed by atoms with Crippen molar-refractivity contribution in [1.82, 2.24) is 19.6 Å². The summed E-state index contributed by atoms with van der Waals surface area (Å²) in [6, 6.07) is 14.5. The van der Waals surface area contributed by atoms with Gasteiger partial charge in [0.25, 0.3) is 0 Å².